The number of hydrogen-bond acceptors (Lipinski definition) is 2. The van der Waals surface area contributed by atoms with E-state index in [9.17, 15) is 4.79 Å². The van der Waals surface area contributed by atoms with Crippen LogP contribution in [0.1, 0.15) is 49.0 Å². The van der Waals surface area contributed by atoms with Crippen LogP contribution in [0.25, 0.3) is 0 Å². The van der Waals surface area contributed by atoms with Crippen LogP contribution in [-0.2, 0) is 0 Å². The van der Waals surface area contributed by atoms with Crippen LogP contribution in [0, 0.1) is 6.92 Å². The maximum Gasteiger partial charge on any atom is 0.254 e. The number of piperidine rings is 1. The Bertz CT molecular complexity index is 491. The van der Waals surface area contributed by atoms with Gasteiger partial charge in [0.05, 0.1) is 0 Å². The van der Waals surface area contributed by atoms with Crippen molar-refractivity contribution in [1.29, 1.82) is 0 Å². The minimum atomic E-state index is 0.102. The Labute approximate surface area is 123 Å². The molecule has 2 rings (SSSR count). The summed E-state index contributed by atoms with van der Waals surface area (Å²) >= 11 is 3.42. The number of nitrogens with two attached hydrogens (primary N) is 1. The second-order valence-corrected chi connectivity index (χ2v) is 6.42. The van der Waals surface area contributed by atoms with Crippen molar-refractivity contribution < 1.29 is 4.79 Å². The number of nitrogens with zero attached hydrogens (tertiary/aromatic N) is 1. The van der Waals surface area contributed by atoms with Gasteiger partial charge < -0.3 is 10.6 Å². The van der Waals surface area contributed by atoms with Crippen molar-refractivity contribution in [3.63, 3.8) is 0 Å². The molecule has 0 spiro atoms. The van der Waals surface area contributed by atoms with Crippen LogP contribution in [0.2, 0.25) is 0 Å². The number of carbonyl (C=O) groups is 1. The quantitative estimate of drug-likeness (QED) is 0.800. The van der Waals surface area contributed by atoms with Crippen LogP contribution in [0.3, 0.4) is 0 Å². The van der Waals surface area contributed by atoms with Gasteiger partial charge >= 0.3 is 0 Å². The molecule has 1 heterocycles. The van der Waals surface area contributed by atoms with Gasteiger partial charge in [0, 0.05) is 27.8 Å². The van der Waals surface area contributed by atoms with Gasteiger partial charge in [-0.15, -0.1) is 0 Å². The van der Waals surface area contributed by atoms with Gasteiger partial charge in [-0.3, -0.25) is 4.79 Å². The number of benzene rings is 1. The topological polar surface area (TPSA) is 46.3 Å². The Balaban J connectivity index is 2.38. The molecular formula is C15H21BrN2O. The van der Waals surface area contributed by atoms with Crippen molar-refractivity contribution in [3.05, 3.63) is 27.7 Å². The third-order valence-electron chi connectivity index (χ3n) is 4.07. The molecular weight excluding hydrogens is 304 g/mol. The van der Waals surface area contributed by atoms with Gasteiger partial charge in [0.25, 0.3) is 5.91 Å². The van der Waals surface area contributed by atoms with Crippen molar-refractivity contribution in [2.24, 2.45) is 0 Å². The highest BCUT2D eigenvalue weighted by molar-refractivity contribution is 9.10. The number of anilines is 1. The van der Waals surface area contributed by atoms with Crippen molar-refractivity contribution in [1.82, 2.24) is 4.90 Å². The Hall–Kier alpha value is -1.03. The monoisotopic (exact) mass is 324 g/mol. The van der Waals surface area contributed by atoms with Gasteiger partial charge in [0.1, 0.15) is 0 Å². The van der Waals surface area contributed by atoms with Crippen LogP contribution >= 0.6 is 15.9 Å². The number of nitrogen functional groups attached to an aromatic ring is 1. The fraction of sp³-hybridized carbons (Fsp3) is 0.533. The molecule has 1 aromatic carbocycles. The average molecular weight is 325 g/mol. The first kappa shape index (κ1) is 14.4. The number of carbonyl (C=O) groups excluding carboxylic acids is 1. The molecule has 104 valence electrons. The SMILES string of the molecule is Cc1c(N)cc(Br)cc1C(=O)N1C(C)CCCC1C. The standard InChI is InChI=1S/C15H21BrN2O/c1-9-5-4-6-10(2)18(9)15(19)13-7-12(16)8-14(17)11(13)3/h7-10H,4-6,17H2,1-3H3. The van der Waals surface area contributed by atoms with Crippen LogP contribution < -0.4 is 5.73 Å². The number of halogens is 1. The van der Waals surface area contributed by atoms with Crippen LogP contribution in [-0.4, -0.2) is 22.9 Å². The molecule has 0 radical (unpaired) electrons. The van der Waals surface area contributed by atoms with Crippen molar-refractivity contribution in [3.8, 4) is 0 Å². The minimum absolute atomic E-state index is 0.102. The van der Waals surface area contributed by atoms with Gasteiger partial charge in [-0.25, -0.2) is 0 Å². The van der Waals surface area contributed by atoms with E-state index in [-0.39, 0.29) is 5.91 Å². The van der Waals surface area contributed by atoms with E-state index < -0.39 is 0 Å². The molecule has 1 aliphatic heterocycles. The third kappa shape index (κ3) is 2.78. The molecule has 2 unspecified atom stereocenters. The van der Waals surface area contributed by atoms with E-state index in [1.54, 1.807) is 0 Å². The molecule has 0 aromatic heterocycles. The molecule has 4 heteroatoms. The third-order valence-corrected chi connectivity index (χ3v) is 4.53. The van der Waals surface area contributed by atoms with E-state index in [0.29, 0.717) is 23.3 Å². The highest BCUT2D eigenvalue weighted by atomic mass is 79.9. The highest BCUT2D eigenvalue weighted by Crippen LogP contribution is 2.28. The number of likely N-dealkylation sites (tertiary alicyclic amines) is 1. The Morgan fingerprint density at radius 3 is 2.47 bits per heavy atom. The number of hydrogen-bond donors (Lipinski definition) is 1. The van der Waals surface area contributed by atoms with Crippen molar-refractivity contribution in [2.75, 3.05) is 5.73 Å². The van der Waals surface area contributed by atoms with E-state index in [4.69, 9.17) is 5.73 Å². The molecule has 1 amide bonds. The highest BCUT2D eigenvalue weighted by Gasteiger charge is 2.30. The van der Waals surface area contributed by atoms with Gasteiger partial charge in [-0.1, -0.05) is 15.9 Å². The van der Waals surface area contributed by atoms with Gasteiger partial charge in [0.2, 0.25) is 0 Å². The van der Waals surface area contributed by atoms with Crippen molar-refractivity contribution >= 4 is 27.5 Å². The molecule has 0 bridgehead atoms. The molecule has 0 aliphatic carbocycles. The van der Waals surface area contributed by atoms with Crippen LogP contribution in [0.4, 0.5) is 5.69 Å². The summed E-state index contributed by atoms with van der Waals surface area (Å²) < 4.78 is 0.858. The van der Waals surface area contributed by atoms with E-state index in [1.165, 1.54) is 6.42 Å². The summed E-state index contributed by atoms with van der Waals surface area (Å²) in [4.78, 5) is 14.8. The maximum absolute atomic E-state index is 12.8. The molecule has 1 aliphatic rings. The first-order chi connectivity index (χ1) is 8.91. The molecule has 1 fully saturated rings. The van der Waals surface area contributed by atoms with E-state index in [1.807, 2.05) is 24.0 Å². The smallest absolute Gasteiger partial charge is 0.254 e. The lowest BCUT2D eigenvalue weighted by atomic mass is 9.95. The predicted molar refractivity (Wildman–Crippen MR) is 82.2 cm³/mol. The molecule has 2 N–H and O–H groups in total. The number of rotatable bonds is 1. The fourth-order valence-electron chi connectivity index (χ4n) is 2.88. The lowest BCUT2D eigenvalue weighted by molar-refractivity contribution is 0.0510. The number of amides is 1. The zero-order valence-electron chi connectivity index (χ0n) is 11.7. The summed E-state index contributed by atoms with van der Waals surface area (Å²) in [5.41, 5.74) is 8.21. The Kier molecular flexibility index (Phi) is 4.19. The van der Waals surface area contributed by atoms with Crippen LogP contribution in [0.15, 0.2) is 16.6 Å². The first-order valence-corrected chi connectivity index (χ1v) is 7.59. The summed E-state index contributed by atoms with van der Waals surface area (Å²) in [5, 5.41) is 0. The summed E-state index contributed by atoms with van der Waals surface area (Å²) in [6.07, 6.45) is 3.36. The molecule has 1 aromatic rings. The zero-order valence-corrected chi connectivity index (χ0v) is 13.3. The first-order valence-electron chi connectivity index (χ1n) is 6.80. The van der Waals surface area contributed by atoms with Gasteiger partial charge in [0.15, 0.2) is 0 Å². The molecule has 3 nitrogen and oxygen atoms in total. The summed E-state index contributed by atoms with van der Waals surface area (Å²) in [7, 11) is 0. The van der Waals surface area contributed by atoms with Gasteiger partial charge in [-0.2, -0.15) is 0 Å². The van der Waals surface area contributed by atoms with Crippen LogP contribution in [0.5, 0.6) is 0 Å². The Morgan fingerprint density at radius 2 is 1.89 bits per heavy atom. The van der Waals surface area contributed by atoms with E-state index in [2.05, 4.69) is 29.8 Å². The summed E-state index contributed by atoms with van der Waals surface area (Å²) in [6.45, 7) is 6.17. The van der Waals surface area contributed by atoms with Gasteiger partial charge in [-0.05, 0) is 57.7 Å². The lowest BCUT2D eigenvalue weighted by Crippen LogP contribution is -2.47. The largest absolute Gasteiger partial charge is 0.398 e. The average Bonchev–Trinajstić information content (AvgIpc) is 2.33. The molecule has 1 saturated heterocycles. The maximum atomic E-state index is 12.8. The predicted octanol–water partition coefficient (Wildman–Crippen LogP) is 3.74. The minimum Gasteiger partial charge on any atom is -0.398 e. The second kappa shape index (κ2) is 5.53. The van der Waals surface area contributed by atoms with Crippen molar-refractivity contribution in [2.45, 2.75) is 52.1 Å². The summed E-state index contributed by atoms with van der Waals surface area (Å²) in [6, 6.07) is 4.32. The van der Waals surface area contributed by atoms with E-state index in [0.717, 1.165) is 22.9 Å². The summed E-state index contributed by atoms with van der Waals surface area (Å²) in [5.74, 6) is 0.102. The Morgan fingerprint density at radius 1 is 1.32 bits per heavy atom. The normalized spacial score (nSPS) is 23.5. The lowest BCUT2D eigenvalue weighted by Gasteiger charge is -2.39. The second-order valence-electron chi connectivity index (χ2n) is 5.51. The molecule has 2 atom stereocenters. The molecule has 19 heavy (non-hydrogen) atoms. The van der Waals surface area contributed by atoms with E-state index >= 15 is 0 Å². The molecule has 0 saturated carbocycles. The zero-order chi connectivity index (χ0) is 14.2. The fourth-order valence-corrected chi connectivity index (χ4v) is 3.36.